The Hall–Kier alpha value is -1.59. The number of rotatable bonds is 61. The van der Waals surface area contributed by atoms with Crippen LogP contribution < -0.4 is 0 Å². The number of ether oxygens (including phenoxy) is 3. The third kappa shape index (κ3) is 59.7. The van der Waals surface area contributed by atoms with E-state index in [9.17, 15) is 14.4 Å². The highest BCUT2D eigenvalue weighted by Gasteiger charge is 2.20. The number of unbranched alkanes of at least 4 members (excludes halogenated alkanes) is 43. The van der Waals surface area contributed by atoms with Gasteiger partial charge in [-0.2, -0.15) is 0 Å². The van der Waals surface area contributed by atoms with Gasteiger partial charge in [0.1, 0.15) is 13.2 Å². The number of esters is 3. The maximum Gasteiger partial charge on any atom is 0.306 e. The van der Waals surface area contributed by atoms with Gasteiger partial charge in [-0.1, -0.05) is 343 Å². The molecule has 6 nitrogen and oxygen atoms in total. The molecular formula is C68H132O6. The van der Waals surface area contributed by atoms with Crippen molar-refractivity contribution in [2.24, 2.45) is 17.8 Å². The zero-order valence-corrected chi connectivity index (χ0v) is 51.1. The summed E-state index contributed by atoms with van der Waals surface area (Å²) in [5, 5.41) is 0. The van der Waals surface area contributed by atoms with Gasteiger partial charge >= 0.3 is 17.9 Å². The third-order valence-corrected chi connectivity index (χ3v) is 16.0. The second kappa shape index (κ2) is 59.1. The summed E-state index contributed by atoms with van der Waals surface area (Å²) in [5.41, 5.74) is 0. The average Bonchev–Trinajstić information content (AvgIpc) is 3.38. The Kier molecular flexibility index (Phi) is 57.8. The van der Waals surface area contributed by atoms with Gasteiger partial charge in [0.05, 0.1) is 0 Å². The van der Waals surface area contributed by atoms with Crippen LogP contribution in [0.3, 0.4) is 0 Å². The molecule has 0 amide bonds. The number of hydrogen-bond donors (Lipinski definition) is 0. The molecule has 0 rings (SSSR count). The molecule has 440 valence electrons. The lowest BCUT2D eigenvalue weighted by atomic mass is 9.99. The van der Waals surface area contributed by atoms with E-state index in [2.05, 4.69) is 41.5 Å². The summed E-state index contributed by atoms with van der Waals surface area (Å²) in [6, 6.07) is 0. The number of hydrogen-bond acceptors (Lipinski definition) is 6. The quantitative estimate of drug-likeness (QED) is 0.0343. The minimum atomic E-state index is -0.765. The van der Waals surface area contributed by atoms with E-state index in [0.717, 1.165) is 75.5 Å². The zero-order chi connectivity index (χ0) is 54.1. The van der Waals surface area contributed by atoms with Gasteiger partial charge in [0, 0.05) is 19.3 Å². The molecule has 0 aromatic heterocycles. The Bertz CT molecular complexity index is 1150. The first kappa shape index (κ1) is 72.4. The van der Waals surface area contributed by atoms with Crippen molar-refractivity contribution in [1.29, 1.82) is 0 Å². The number of carbonyl (C=O) groups excluding carboxylic acids is 3. The average molecular weight is 1050 g/mol. The molecule has 1 unspecified atom stereocenters. The van der Waals surface area contributed by atoms with Gasteiger partial charge in [0.2, 0.25) is 0 Å². The first-order chi connectivity index (χ1) is 36.1. The fourth-order valence-corrected chi connectivity index (χ4v) is 10.6. The molecule has 74 heavy (non-hydrogen) atoms. The maximum absolute atomic E-state index is 12.9. The fourth-order valence-electron chi connectivity index (χ4n) is 10.6. The molecule has 6 heteroatoms. The molecule has 0 radical (unpaired) electrons. The van der Waals surface area contributed by atoms with Gasteiger partial charge in [-0.25, -0.2) is 0 Å². The summed E-state index contributed by atoms with van der Waals surface area (Å²) >= 11 is 0. The molecule has 0 fully saturated rings. The highest BCUT2D eigenvalue weighted by molar-refractivity contribution is 5.71. The van der Waals surface area contributed by atoms with Gasteiger partial charge in [-0.05, 0) is 37.0 Å². The van der Waals surface area contributed by atoms with Gasteiger partial charge in [0.15, 0.2) is 6.10 Å². The van der Waals surface area contributed by atoms with Gasteiger partial charge in [-0.15, -0.1) is 0 Å². The summed E-state index contributed by atoms with van der Waals surface area (Å²) in [4.78, 5) is 38.4. The van der Waals surface area contributed by atoms with E-state index in [0.29, 0.717) is 19.3 Å². The van der Waals surface area contributed by atoms with E-state index in [4.69, 9.17) is 14.2 Å². The maximum atomic E-state index is 12.9. The molecule has 0 N–H and O–H groups in total. The van der Waals surface area contributed by atoms with Crippen LogP contribution in [0.1, 0.15) is 382 Å². The zero-order valence-electron chi connectivity index (χ0n) is 51.1. The second-order valence-corrected chi connectivity index (χ2v) is 24.7. The Balaban J connectivity index is 4.26. The topological polar surface area (TPSA) is 78.9 Å². The molecule has 0 aromatic rings. The van der Waals surface area contributed by atoms with Crippen LogP contribution in [0, 0.1) is 17.8 Å². The van der Waals surface area contributed by atoms with Crippen LogP contribution in [0.5, 0.6) is 0 Å². The van der Waals surface area contributed by atoms with Crippen LogP contribution in [0.2, 0.25) is 0 Å². The third-order valence-electron chi connectivity index (χ3n) is 16.0. The van der Waals surface area contributed by atoms with Crippen LogP contribution >= 0.6 is 0 Å². The highest BCUT2D eigenvalue weighted by Crippen LogP contribution is 2.20. The lowest BCUT2D eigenvalue weighted by Crippen LogP contribution is -2.30. The Labute approximate surface area is 463 Å². The Morgan fingerprint density at radius 3 is 0.703 bits per heavy atom. The SMILES string of the molecule is CCC(C)CCCCCCCCCCCCC(=O)OC[C@@H](COC(=O)CCCCCCCCCCCCCCCCCCCCC(C)C)OC(=O)CCCCCCCCCCCCCCCCCCCCC(C)C. The van der Waals surface area contributed by atoms with Crippen molar-refractivity contribution in [2.75, 3.05) is 13.2 Å². The molecular weight excluding hydrogens is 913 g/mol. The number of carbonyl (C=O) groups is 3. The lowest BCUT2D eigenvalue weighted by molar-refractivity contribution is -0.167. The summed E-state index contributed by atoms with van der Waals surface area (Å²) in [6.07, 6.45) is 65.4. The van der Waals surface area contributed by atoms with Gasteiger partial charge < -0.3 is 14.2 Å². The fraction of sp³-hybridized carbons (Fsp3) is 0.956. The van der Waals surface area contributed by atoms with Crippen molar-refractivity contribution < 1.29 is 28.6 Å². The van der Waals surface area contributed by atoms with Crippen molar-refractivity contribution in [3.63, 3.8) is 0 Å². The van der Waals surface area contributed by atoms with Crippen molar-refractivity contribution >= 4 is 17.9 Å². The molecule has 0 heterocycles. The van der Waals surface area contributed by atoms with Crippen LogP contribution in [0.15, 0.2) is 0 Å². The molecule has 0 saturated heterocycles. The van der Waals surface area contributed by atoms with Gasteiger partial charge in [0.25, 0.3) is 0 Å². The van der Waals surface area contributed by atoms with Crippen LogP contribution in [0.4, 0.5) is 0 Å². The normalized spacial score (nSPS) is 12.5. The monoisotopic (exact) mass is 1050 g/mol. The van der Waals surface area contributed by atoms with Crippen LogP contribution in [-0.2, 0) is 28.6 Å². The summed E-state index contributed by atoms with van der Waals surface area (Å²) in [7, 11) is 0. The Morgan fingerprint density at radius 2 is 0.473 bits per heavy atom. The molecule has 0 saturated carbocycles. The first-order valence-corrected chi connectivity index (χ1v) is 33.6. The highest BCUT2D eigenvalue weighted by atomic mass is 16.6. The van der Waals surface area contributed by atoms with Gasteiger partial charge in [-0.3, -0.25) is 14.4 Å². The minimum absolute atomic E-state index is 0.0623. The standard InChI is InChI=1S/C68H132O6/c1-7-64(6)56-50-44-38-32-28-29-34-40-46-52-58-67(70)73-61-65(74-68(71)59-53-47-41-35-27-23-19-15-11-9-13-17-21-25-31-37-43-49-55-63(4)5)60-72-66(69)57-51-45-39-33-26-22-18-14-10-8-12-16-20-24-30-36-42-48-54-62(2)3/h62-65H,7-61H2,1-6H3/t64?,65-/m1/s1. The molecule has 2 atom stereocenters. The summed E-state index contributed by atoms with van der Waals surface area (Å²) in [5.74, 6) is 1.75. The predicted molar refractivity (Wildman–Crippen MR) is 321 cm³/mol. The van der Waals surface area contributed by atoms with Crippen molar-refractivity contribution in [1.82, 2.24) is 0 Å². The minimum Gasteiger partial charge on any atom is -0.462 e. The van der Waals surface area contributed by atoms with Crippen LogP contribution in [0.25, 0.3) is 0 Å². The predicted octanol–water partition coefficient (Wildman–Crippen LogP) is 22.6. The largest absolute Gasteiger partial charge is 0.462 e. The molecule has 0 aliphatic rings. The van der Waals surface area contributed by atoms with E-state index in [1.54, 1.807) is 0 Å². The van der Waals surface area contributed by atoms with E-state index < -0.39 is 6.10 Å². The lowest BCUT2D eigenvalue weighted by Gasteiger charge is -2.18. The van der Waals surface area contributed by atoms with Crippen LogP contribution in [-0.4, -0.2) is 37.2 Å². The van der Waals surface area contributed by atoms with Crippen molar-refractivity contribution in [2.45, 2.75) is 388 Å². The molecule has 0 bridgehead atoms. The molecule has 0 spiro atoms. The molecule has 0 aliphatic heterocycles. The second-order valence-electron chi connectivity index (χ2n) is 24.7. The summed E-state index contributed by atoms with van der Waals surface area (Å²) in [6.45, 7) is 13.9. The Morgan fingerprint density at radius 1 is 0.270 bits per heavy atom. The smallest absolute Gasteiger partial charge is 0.306 e. The van der Waals surface area contributed by atoms with E-state index >= 15 is 0 Å². The summed E-state index contributed by atoms with van der Waals surface area (Å²) < 4.78 is 17.0. The molecule has 0 aliphatic carbocycles. The first-order valence-electron chi connectivity index (χ1n) is 33.6. The van der Waals surface area contributed by atoms with Crippen molar-refractivity contribution in [3.05, 3.63) is 0 Å². The van der Waals surface area contributed by atoms with E-state index in [-0.39, 0.29) is 31.1 Å². The molecule has 0 aromatic carbocycles. The van der Waals surface area contributed by atoms with Crippen molar-refractivity contribution in [3.8, 4) is 0 Å². The van der Waals surface area contributed by atoms with E-state index in [1.807, 2.05) is 0 Å². The van der Waals surface area contributed by atoms with E-state index in [1.165, 1.54) is 263 Å².